The van der Waals surface area contributed by atoms with E-state index in [0.29, 0.717) is 5.82 Å². The number of carboxylic acids is 1. The molecule has 2 heterocycles. The van der Waals surface area contributed by atoms with Gasteiger partial charge in [-0.15, -0.1) is 11.3 Å². The summed E-state index contributed by atoms with van der Waals surface area (Å²) in [4.78, 5) is 24.3. The average Bonchev–Trinajstić information content (AvgIpc) is 3.08. The number of carbonyl (C=O) groups excluding carboxylic acids is 1. The highest BCUT2D eigenvalue weighted by molar-refractivity contribution is 7.10. The summed E-state index contributed by atoms with van der Waals surface area (Å²) in [6.45, 7) is 4.91. The summed E-state index contributed by atoms with van der Waals surface area (Å²) in [6.07, 6.45) is 1.54. The maximum atomic E-state index is 12.1. The van der Waals surface area contributed by atoms with Crippen molar-refractivity contribution in [2.24, 2.45) is 0 Å². The molecule has 0 spiro atoms. The lowest BCUT2D eigenvalue weighted by atomic mass is 10.1. The van der Waals surface area contributed by atoms with E-state index in [1.807, 2.05) is 24.4 Å². The van der Waals surface area contributed by atoms with Gasteiger partial charge in [0.05, 0.1) is 5.92 Å². The molecule has 0 radical (unpaired) electrons. The summed E-state index contributed by atoms with van der Waals surface area (Å²) in [5.41, 5.74) is -1.16. The lowest BCUT2D eigenvalue weighted by Crippen LogP contribution is -2.36. The molecule has 2 N–H and O–H groups in total. The van der Waals surface area contributed by atoms with Crippen LogP contribution in [0.25, 0.3) is 0 Å². The fourth-order valence-corrected chi connectivity index (χ4v) is 2.48. The highest BCUT2D eigenvalue weighted by Gasteiger charge is 2.30. The van der Waals surface area contributed by atoms with Crippen LogP contribution in [0.2, 0.25) is 0 Å². The zero-order valence-corrected chi connectivity index (χ0v) is 12.8. The molecule has 2 aromatic heterocycles. The zero-order valence-electron chi connectivity index (χ0n) is 12.0. The van der Waals surface area contributed by atoms with Crippen LogP contribution in [-0.2, 0) is 15.1 Å². The number of nitrogens with zero attached hydrogens (tertiary/aromatic N) is 2. The first-order valence-corrected chi connectivity index (χ1v) is 7.34. The van der Waals surface area contributed by atoms with Gasteiger partial charge in [0.1, 0.15) is 0 Å². The van der Waals surface area contributed by atoms with E-state index in [9.17, 15) is 9.59 Å². The van der Waals surface area contributed by atoms with Gasteiger partial charge in [-0.05, 0) is 32.2 Å². The molecule has 21 heavy (non-hydrogen) atoms. The molecule has 0 fully saturated rings. The lowest BCUT2D eigenvalue weighted by molar-refractivity contribution is -0.146. The van der Waals surface area contributed by atoms with Crippen molar-refractivity contribution in [3.05, 3.63) is 34.7 Å². The van der Waals surface area contributed by atoms with Crippen LogP contribution in [0.4, 0.5) is 5.82 Å². The standard InChI is InChI=1S/C14H17N3O3S/c1-9(10-5-4-8-21-10)12(18)15-11-6-7-17(16-11)14(2,3)13(19)20/h4-9H,1-3H3,(H,19,20)(H,15,16,18). The Morgan fingerprint density at radius 2 is 2.14 bits per heavy atom. The predicted molar refractivity (Wildman–Crippen MR) is 80.5 cm³/mol. The third-order valence-corrected chi connectivity index (χ3v) is 4.35. The fourth-order valence-electron chi connectivity index (χ4n) is 1.70. The van der Waals surface area contributed by atoms with Crippen LogP contribution in [0.5, 0.6) is 0 Å². The second-order valence-corrected chi connectivity index (χ2v) is 6.22. The van der Waals surface area contributed by atoms with Crippen LogP contribution in [0.1, 0.15) is 31.6 Å². The van der Waals surface area contributed by atoms with Gasteiger partial charge in [0.25, 0.3) is 0 Å². The van der Waals surface area contributed by atoms with E-state index >= 15 is 0 Å². The number of aromatic nitrogens is 2. The molecule has 112 valence electrons. The molecule has 6 nitrogen and oxygen atoms in total. The van der Waals surface area contributed by atoms with Gasteiger partial charge in [-0.25, -0.2) is 4.79 Å². The lowest BCUT2D eigenvalue weighted by Gasteiger charge is -2.19. The number of amides is 1. The normalized spacial score (nSPS) is 12.9. The SMILES string of the molecule is CC(C(=O)Nc1ccn(C(C)(C)C(=O)O)n1)c1cccs1. The summed E-state index contributed by atoms with van der Waals surface area (Å²) in [6, 6.07) is 5.39. The van der Waals surface area contributed by atoms with Crippen LogP contribution in [0.15, 0.2) is 29.8 Å². The summed E-state index contributed by atoms with van der Waals surface area (Å²) in [5, 5.41) is 17.9. The van der Waals surface area contributed by atoms with Gasteiger partial charge in [0.2, 0.25) is 5.91 Å². The maximum Gasteiger partial charge on any atom is 0.331 e. The van der Waals surface area contributed by atoms with Gasteiger partial charge in [0, 0.05) is 17.1 Å². The van der Waals surface area contributed by atoms with Crippen molar-refractivity contribution in [1.29, 1.82) is 0 Å². The van der Waals surface area contributed by atoms with E-state index in [4.69, 9.17) is 5.11 Å². The largest absolute Gasteiger partial charge is 0.479 e. The Bertz CT molecular complexity index is 646. The molecule has 0 aliphatic carbocycles. The third-order valence-electron chi connectivity index (χ3n) is 3.30. The second-order valence-electron chi connectivity index (χ2n) is 5.24. The van der Waals surface area contributed by atoms with Gasteiger partial charge in [0.15, 0.2) is 11.4 Å². The number of hydrogen-bond donors (Lipinski definition) is 2. The molecule has 0 saturated carbocycles. The first-order chi connectivity index (χ1) is 9.82. The first kappa shape index (κ1) is 15.2. The molecule has 0 aromatic carbocycles. The molecule has 0 bridgehead atoms. The molecular weight excluding hydrogens is 290 g/mol. The van der Waals surface area contributed by atoms with E-state index < -0.39 is 11.5 Å². The topological polar surface area (TPSA) is 84.2 Å². The Kier molecular flexibility index (Phi) is 4.13. The van der Waals surface area contributed by atoms with Crippen molar-refractivity contribution >= 4 is 29.0 Å². The molecule has 0 aliphatic rings. The van der Waals surface area contributed by atoms with Crippen molar-refractivity contribution in [1.82, 2.24) is 9.78 Å². The van der Waals surface area contributed by atoms with E-state index in [0.717, 1.165) is 4.88 Å². The summed E-state index contributed by atoms with van der Waals surface area (Å²) < 4.78 is 1.32. The fraction of sp³-hybridized carbons (Fsp3) is 0.357. The van der Waals surface area contributed by atoms with Crippen LogP contribution in [0, 0.1) is 0 Å². The minimum absolute atomic E-state index is 0.171. The molecule has 0 saturated heterocycles. The number of nitrogens with one attached hydrogen (secondary N) is 1. The van der Waals surface area contributed by atoms with Gasteiger partial charge in [-0.1, -0.05) is 6.07 Å². The molecule has 2 aromatic rings. The molecular formula is C14H17N3O3S. The predicted octanol–water partition coefficient (Wildman–Crippen LogP) is 2.51. The van der Waals surface area contributed by atoms with Crippen LogP contribution >= 0.6 is 11.3 Å². The molecule has 1 atom stereocenters. The average molecular weight is 307 g/mol. The Morgan fingerprint density at radius 3 is 2.71 bits per heavy atom. The van der Waals surface area contributed by atoms with Crippen molar-refractivity contribution in [2.45, 2.75) is 32.2 Å². The van der Waals surface area contributed by atoms with Gasteiger partial charge >= 0.3 is 5.97 Å². The van der Waals surface area contributed by atoms with Crippen molar-refractivity contribution in [2.75, 3.05) is 5.32 Å². The first-order valence-electron chi connectivity index (χ1n) is 6.46. The number of aliphatic carboxylic acids is 1. The smallest absolute Gasteiger partial charge is 0.331 e. The van der Waals surface area contributed by atoms with Gasteiger partial charge in [-0.3, -0.25) is 9.48 Å². The van der Waals surface area contributed by atoms with E-state index in [1.54, 1.807) is 26.1 Å². The van der Waals surface area contributed by atoms with Gasteiger partial charge < -0.3 is 10.4 Å². The zero-order chi connectivity index (χ0) is 15.6. The highest BCUT2D eigenvalue weighted by Crippen LogP contribution is 2.22. The number of hydrogen-bond acceptors (Lipinski definition) is 4. The van der Waals surface area contributed by atoms with Crippen LogP contribution in [0.3, 0.4) is 0 Å². The van der Waals surface area contributed by atoms with Crippen LogP contribution < -0.4 is 5.32 Å². The maximum absolute atomic E-state index is 12.1. The number of rotatable bonds is 5. The quantitative estimate of drug-likeness (QED) is 0.889. The number of thiophene rings is 1. The number of anilines is 1. The summed E-state index contributed by atoms with van der Waals surface area (Å²) in [7, 11) is 0. The third kappa shape index (κ3) is 3.13. The Hall–Kier alpha value is -2.15. The molecule has 0 aliphatic heterocycles. The van der Waals surface area contributed by atoms with E-state index in [2.05, 4.69) is 10.4 Å². The Labute approximate surface area is 126 Å². The molecule has 7 heteroatoms. The van der Waals surface area contributed by atoms with Crippen LogP contribution in [-0.4, -0.2) is 26.8 Å². The Balaban J connectivity index is 2.09. The monoisotopic (exact) mass is 307 g/mol. The number of carbonyl (C=O) groups is 2. The summed E-state index contributed by atoms with van der Waals surface area (Å²) >= 11 is 1.52. The molecule has 1 amide bonds. The minimum atomic E-state index is -1.16. The van der Waals surface area contributed by atoms with Crippen molar-refractivity contribution in [3.8, 4) is 0 Å². The van der Waals surface area contributed by atoms with Crippen molar-refractivity contribution in [3.63, 3.8) is 0 Å². The molecule has 2 rings (SSSR count). The number of carboxylic acid groups (broad SMARTS) is 1. The van der Waals surface area contributed by atoms with E-state index in [-0.39, 0.29) is 11.8 Å². The van der Waals surface area contributed by atoms with E-state index in [1.165, 1.54) is 16.0 Å². The van der Waals surface area contributed by atoms with Gasteiger partial charge in [-0.2, -0.15) is 5.10 Å². The molecule has 1 unspecified atom stereocenters. The minimum Gasteiger partial charge on any atom is -0.479 e. The van der Waals surface area contributed by atoms with Crippen molar-refractivity contribution < 1.29 is 14.7 Å². The Morgan fingerprint density at radius 1 is 1.43 bits per heavy atom. The highest BCUT2D eigenvalue weighted by atomic mass is 32.1. The summed E-state index contributed by atoms with van der Waals surface area (Å²) in [5.74, 6) is -1.09. The second kappa shape index (κ2) is 5.69.